The molecule has 0 bridgehead atoms. The van der Waals surface area contributed by atoms with Gasteiger partial charge in [0.1, 0.15) is 0 Å². The van der Waals surface area contributed by atoms with E-state index in [1.54, 1.807) is 29.0 Å². The second kappa shape index (κ2) is 8.66. The lowest BCUT2D eigenvalue weighted by Crippen LogP contribution is -2.55. The normalized spacial score (nSPS) is 23.6. The van der Waals surface area contributed by atoms with E-state index in [0.29, 0.717) is 16.5 Å². The number of carbonyl (C=O) groups is 4. The lowest BCUT2D eigenvalue weighted by Gasteiger charge is -2.41. The molecule has 0 saturated carbocycles. The Balaban J connectivity index is 2.10. The molecule has 160 valence electrons. The Morgan fingerprint density at radius 3 is 2.10 bits per heavy atom. The van der Waals surface area contributed by atoms with Gasteiger partial charge in [-0.05, 0) is 13.0 Å². The van der Waals surface area contributed by atoms with Gasteiger partial charge < -0.3 is 23.5 Å². The Labute approximate surface area is 172 Å². The Morgan fingerprint density at radius 2 is 1.50 bits per heavy atom. The van der Waals surface area contributed by atoms with Gasteiger partial charge in [0, 0.05) is 37.9 Å². The van der Waals surface area contributed by atoms with Crippen LogP contribution in [-0.2, 0) is 33.3 Å². The largest absolute Gasteiger partial charge is 0.456 e. The molecule has 9 heteroatoms. The van der Waals surface area contributed by atoms with E-state index in [1.807, 2.05) is 6.07 Å². The van der Waals surface area contributed by atoms with Crippen molar-refractivity contribution in [1.82, 2.24) is 4.57 Å². The molecule has 0 spiro atoms. The van der Waals surface area contributed by atoms with Crippen LogP contribution >= 0.6 is 0 Å². The molecule has 0 aliphatic carbocycles. The third-order valence-corrected chi connectivity index (χ3v) is 4.72. The molecular formula is C21H23NO8. The summed E-state index contributed by atoms with van der Waals surface area (Å²) in [6.45, 7) is 5.00. The van der Waals surface area contributed by atoms with Crippen LogP contribution in [0.25, 0.3) is 10.9 Å². The average molecular weight is 417 g/mol. The second-order valence-electron chi connectivity index (χ2n) is 7.04. The van der Waals surface area contributed by atoms with Crippen molar-refractivity contribution in [3.8, 4) is 0 Å². The van der Waals surface area contributed by atoms with E-state index in [1.165, 1.54) is 27.7 Å². The molecule has 1 aliphatic rings. The molecule has 1 fully saturated rings. The summed E-state index contributed by atoms with van der Waals surface area (Å²) in [6, 6.07) is 7.22. The first-order valence-corrected chi connectivity index (χ1v) is 9.42. The zero-order valence-corrected chi connectivity index (χ0v) is 17.1. The number of hydrogen-bond donors (Lipinski definition) is 0. The highest BCUT2D eigenvalue weighted by Gasteiger charge is 2.48. The maximum Gasteiger partial charge on any atom is 0.303 e. The van der Waals surface area contributed by atoms with Gasteiger partial charge in [0.05, 0.1) is 12.1 Å². The number of esters is 3. The monoisotopic (exact) mass is 417 g/mol. The van der Waals surface area contributed by atoms with Crippen molar-refractivity contribution in [3.63, 3.8) is 0 Å². The minimum absolute atomic E-state index is 0.0954. The molecule has 2 aromatic rings. The molecule has 30 heavy (non-hydrogen) atoms. The molecule has 1 aliphatic heterocycles. The predicted molar refractivity (Wildman–Crippen MR) is 104 cm³/mol. The molecule has 1 aromatic carbocycles. The maximum absolute atomic E-state index is 12.1. The highest BCUT2D eigenvalue weighted by atomic mass is 16.6. The van der Waals surface area contributed by atoms with Crippen LogP contribution in [0.4, 0.5) is 0 Å². The molecular weight excluding hydrogens is 394 g/mol. The molecule has 3 rings (SSSR count). The SMILES string of the molecule is CC(=O)O[C@@H]1[C@@H](OC(C)=O)[C@H](n2cc(C(C)=O)c3ccccc32)OC[C@@H]1OC(C)=O. The molecule has 4 atom stereocenters. The van der Waals surface area contributed by atoms with Crippen LogP contribution in [0.15, 0.2) is 30.5 Å². The standard InChI is InChI=1S/C21H23NO8/c1-11(23)16-9-22(17-8-6-5-7-15(16)17)21-20(30-14(4)26)19(29-13(3)25)18(10-27-21)28-12(2)24/h5-9,18-21H,10H2,1-4H3/t18-,19-,20+,21+/m0/s1. The van der Waals surface area contributed by atoms with Gasteiger partial charge in [0.25, 0.3) is 0 Å². The molecule has 1 saturated heterocycles. The van der Waals surface area contributed by atoms with Gasteiger partial charge in [0.2, 0.25) is 0 Å². The van der Waals surface area contributed by atoms with Crippen LogP contribution in [0.1, 0.15) is 44.3 Å². The first-order valence-electron chi connectivity index (χ1n) is 9.42. The number of ketones is 1. The first-order chi connectivity index (χ1) is 14.2. The molecule has 0 N–H and O–H groups in total. The van der Waals surface area contributed by atoms with Gasteiger partial charge >= 0.3 is 17.9 Å². The van der Waals surface area contributed by atoms with Crippen LogP contribution in [0, 0.1) is 0 Å². The molecule has 9 nitrogen and oxygen atoms in total. The van der Waals surface area contributed by atoms with E-state index in [0.717, 1.165) is 0 Å². The van der Waals surface area contributed by atoms with E-state index >= 15 is 0 Å². The highest BCUT2D eigenvalue weighted by molar-refractivity contribution is 6.07. The van der Waals surface area contributed by atoms with E-state index in [2.05, 4.69) is 0 Å². The van der Waals surface area contributed by atoms with Gasteiger partial charge in [-0.1, -0.05) is 18.2 Å². The number of aromatic nitrogens is 1. The number of fused-ring (bicyclic) bond motifs is 1. The van der Waals surface area contributed by atoms with Crippen molar-refractivity contribution in [1.29, 1.82) is 0 Å². The van der Waals surface area contributed by atoms with Crippen molar-refractivity contribution in [3.05, 3.63) is 36.0 Å². The minimum atomic E-state index is -1.11. The van der Waals surface area contributed by atoms with Crippen molar-refractivity contribution in [2.75, 3.05) is 6.61 Å². The quantitative estimate of drug-likeness (QED) is 0.414. The lowest BCUT2D eigenvalue weighted by atomic mass is 10.0. The van der Waals surface area contributed by atoms with Crippen LogP contribution in [0.5, 0.6) is 0 Å². The maximum atomic E-state index is 12.1. The Bertz CT molecular complexity index is 994. The average Bonchev–Trinajstić information content (AvgIpc) is 3.03. The van der Waals surface area contributed by atoms with E-state index in [-0.39, 0.29) is 12.4 Å². The second-order valence-corrected chi connectivity index (χ2v) is 7.04. The summed E-state index contributed by atoms with van der Waals surface area (Å²) in [5, 5.41) is 0.710. The lowest BCUT2D eigenvalue weighted by molar-refractivity contribution is -0.239. The third kappa shape index (κ3) is 4.35. The zero-order valence-electron chi connectivity index (χ0n) is 17.1. The van der Waals surface area contributed by atoms with Crippen molar-refractivity contribution >= 4 is 34.6 Å². The summed E-state index contributed by atoms with van der Waals surface area (Å²) in [7, 11) is 0. The fourth-order valence-corrected chi connectivity index (χ4v) is 3.66. The third-order valence-electron chi connectivity index (χ3n) is 4.72. The summed E-state index contributed by atoms with van der Waals surface area (Å²) < 4.78 is 23.7. The number of hydrogen-bond acceptors (Lipinski definition) is 8. The number of Topliss-reactive ketones (excluding diaryl/α,β-unsaturated/α-hetero) is 1. The van der Waals surface area contributed by atoms with Crippen LogP contribution in [-0.4, -0.2) is 53.2 Å². The van der Waals surface area contributed by atoms with Crippen molar-refractivity contribution in [2.24, 2.45) is 0 Å². The van der Waals surface area contributed by atoms with Gasteiger partial charge in [-0.3, -0.25) is 19.2 Å². The smallest absolute Gasteiger partial charge is 0.303 e. The van der Waals surface area contributed by atoms with Gasteiger partial charge in [-0.2, -0.15) is 0 Å². The number of para-hydroxylation sites is 1. The molecule has 2 heterocycles. The summed E-state index contributed by atoms with van der Waals surface area (Å²) in [5.41, 5.74) is 1.15. The molecule has 1 aromatic heterocycles. The topological polar surface area (TPSA) is 110 Å². The van der Waals surface area contributed by atoms with E-state index in [9.17, 15) is 19.2 Å². The summed E-state index contributed by atoms with van der Waals surface area (Å²) in [6.07, 6.45) is -2.45. The summed E-state index contributed by atoms with van der Waals surface area (Å²) >= 11 is 0. The zero-order chi connectivity index (χ0) is 22.0. The number of ether oxygens (including phenoxy) is 4. The van der Waals surface area contributed by atoms with Crippen molar-refractivity contribution in [2.45, 2.75) is 52.2 Å². The fourth-order valence-electron chi connectivity index (χ4n) is 3.66. The van der Waals surface area contributed by atoms with Crippen LogP contribution in [0.2, 0.25) is 0 Å². The van der Waals surface area contributed by atoms with Crippen molar-refractivity contribution < 1.29 is 38.1 Å². The number of rotatable bonds is 5. The minimum Gasteiger partial charge on any atom is -0.456 e. The molecule has 0 unspecified atom stereocenters. The fraction of sp³-hybridized carbons (Fsp3) is 0.429. The highest BCUT2D eigenvalue weighted by Crippen LogP contribution is 2.34. The number of benzene rings is 1. The Morgan fingerprint density at radius 1 is 0.900 bits per heavy atom. The van der Waals surface area contributed by atoms with Gasteiger partial charge in [0.15, 0.2) is 30.3 Å². The van der Waals surface area contributed by atoms with Gasteiger partial charge in [-0.15, -0.1) is 0 Å². The summed E-state index contributed by atoms with van der Waals surface area (Å²) in [4.78, 5) is 47.2. The van der Waals surface area contributed by atoms with Crippen LogP contribution < -0.4 is 0 Å². The number of nitrogens with zero attached hydrogens (tertiary/aromatic N) is 1. The van der Waals surface area contributed by atoms with Gasteiger partial charge in [-0.25, -0.2) is 0 Å². The molecule has 0 radical (unpaired) electrons. The van der Waals surface area contributed by atoms with Crippen LogP contribution in [0.3, 0.4) is 0 Å². The summed E-state index contributed by atoms with van der Waals surface area (Å²) in [5.74, 6) is -1.99. The number of carbonyl (C=O) groups excluding carboxylic acids is 4. The Kier molecular flexibility index (Phi) is 6.21. The van der Waals surface area contributed by atoms with E-state index in [4.69, 9.17) is 18.9 Å². The predicted octanol–water partition coefficient (Wildman–Crippen LogP) is 2.17. The molecule has 0 amide bonds. The Hall–Kier alpha value is -3.20. The first kappa shape index (κ1) is 21.5. The van der Waals surface area contributed by atoms with E-state index < -0.39 is 42.4 Å².